The van der Waals surface area contributed by atoms with Crippen LogP contribution in [0.3, 0.4) is 0 Å². The molecule has 0 saturated carbocycles. The highest BCUT2D eigenvalue weighted by Gasteiger charge is 2.15. The molecule has 0 aromatic heterocycles. The molecule has 5 heteroatoms. The number of rotatable bonds is 4. The average Bonchev–Trinajstić information content (AvgIpc) is 2.15. The Kier molecular flexibility index (Phi) is 3.84. The minimum Gasteiger partial charge on any atom is -0.392 e. The Morgan fingerprint density at radius 3 is 2.53 bits per heavy atom. The van der Waals surface area contributed by atoms with Gasteiger partial charge in [0, 0.05) is 6.54 Å². The minimum atomic E-state index is -3.50. The lowest BCUT2D eigenvalue weighted by Crippen LogP contribution is -2.31. The maximum atomic E-state index is 11.7. The van der Waals surface area contributed by atoms with Crippen LogP contribution in [-0.2, 0) is 10.0 Å². The van der Waals surface area contributed by atoms with Crippen molar-refractivity contribution in [2.45, 2.75) is 24.8 Å². The first-order valence-electron chi connectivity index (χ1n) is 4.67. The molecule has 0 unspecified atom stereocenters. The van der Waals surface area contributed by atoms with Crippen LogP contribution >= 0.6 is 0 Å². The SMILES string of the molecule is Cc1ccccc1S(=O)(=O)NC[C@@H](C)O. The van der Waals surface area contributed by atoms with Crippen molar-refractivity contribution in [2.24, 2.45) is 0 Å². The Labute approximate surface area is 90.0 Å². The van der Waals surface area contributed by atoms with Crippen LogP contribution in [-0.4, -0.2) is 26.2 Å². The zero-order chi connectivity index (χ0) is 11.5. The number of nitrogens with one attached hydrogen (secondary N) is 1. The molecule has 1 atom stereocenters. The summed E-state index contributed by atoms with van der Waals surface area (Å²) in [6.45, 7) is 3.29. The first kappa shape index (κ1) is 12.2. The van der Waals surface area contributed by atoms with Gasteiger partial charge in [-0.3, -0.25) is 0 Å². The number of benzene rings is 1. The first-order valence-corrected chi connectivity index (χ1v) is 6.15. The van der Waals surface area contributed by atoms with Gasteiger partial charge < -0.3 is 5.11 Å². The van der Waals surface area contributed by atoms with Crippen LogP contribution in [0.1, 0.15) is 12.5 Å². The van der Waals surface area contributed by atoms with E-state index >= 15 is 0 Å². The van der Waals surface area contributed by atoms with Crippen LogP contribution < -0.4 is 4.72 Å². The topological polar surface area (TPSA) is 66.4 Å². The summed E-state index contributed by atoms with van der Waals surface area (Å²) >= 11 is 0. The highest BCUT2D eigenvalue weighted by atomic mass is 32.2. The number of aliphatic hydroxyl groups is 1. The molecule has 0 heterocycles. The van der Waals surface area contributed by atoms with Gasteiger partial charge in [-0.15, -0.1) is 0 Å². The molecule has 0 spiro atoms. The fraction of sp³-hybridized carbons (Fsp3) is 0.400. The number of hydrogen-bond acceptors (Lipinski definition) is 3. The van der Waals surface area contributed by atoms with Gasteiger partial charge in [-0.2, -0.15) is 0 Å². The average molecular weight is 229 g/mol. The molecule has 0 amide bonds. The molecule has 0 radical (unpaired) electrons. The third-order valence-corrected chi connectivity index (χ3v) is 3.54. The predicted molar refractivity (Wildman–Crippen MR) is 58.0 cm³/mol. The van der Waals surface area contributed by atoms with Crippen molar-refractivity contribution in [3.8, 4) is 0 Å². The van der Waals surface area contributed by atoms with E-state index in [-0.39, 0.29) is 11.4 Å². The second-order valence-electron chi connectivity index (χ2n) is 3.47. The molecule has 15 heavy (non-hydrogen) atoms. The van der Waals surface area contributed by atoms with Gasteiger partial charge in [0.25, 0.3) is 0 Å². The minimum absolute atomic E-state index is 0.0245. The molecular weight excluding hydrogens is 214 g/mol. The molecule has 2 N–H and O–H groups in total. The zero-order valence-corrected chi connectivity index (χ0v) is 9.58. The van der Waals surface area contributed by atoms with E-state index in [1.165, 1.54) is 6.92 Å². The molecule has 1 aromatic carbocycles. The molecule has 1 aromatic rings. The van der Waals surface area contributed by atoms with Gasteiger partial charge in [0.2, 0.25) is 10.0 Å². The summed E-state index contributed by atoms with van der Waals surface area (Å²) in [6.07, 6.45) is -0.691. The van der Waals surface area contributed by atoms with E-state index in [2.05, 4.69) is 4.72 Å². The number of sulfonamides is 1. The van der Waals surface area contributed by atoms with E-state index in [9.17, 15) is 8.42 Å². The van der Waals surface area contributed by atoms with E-state index in [1.807, 2.05) is 0 Å². The van der Waals surface area contributed by atoms with Gasteiger partial charge in [-0.25, -0.2) is 13.1 Å². The van der Waals surface area contributed by atoms with E-state index in [1.54, 1.807) is 31.2 Å². The molecule has 0 saturated heterocycles. The lowest BCUT2D eigenvalue weighted by molar-refractivity contribution is 0.198. The molecule has 1 rings (SSSR count). The number of aliphatic hydroxyl groups excluding tert-OH is 1. The van der Waals surface area contributed by atoms with Crippen LogP contribution in [0.15, 0.2) is 29.2 Å². The van der Waals surface area contributed by atoms with E-state index in [0.29, 0.717) is 5.56 Å². The molecule has 4 nitrogen and oxygen atoms in total. The number of hydrogen-bond donors (Lipinski definition) is 2. The predicted octanol–water partition coefficient (Wildman–Crippen LogP) is 0.654. The van der Waals surface area contributed by atoms with Crippen LogP contribution in [0.4, 0.5) is 0 Å². The van der Waals surface area contributed by atoms with Gasteiger partial charge in [0.15, 0.2) is 0 Å². The van der Waals surface area contributed by atoms with Crippen molar-refractivity contribution >= 4 is 10.0 Å². The van der Waals surface area contributed by atoms with Crippen LogP contribution in [0.5, 0.6) is 0 Å². The van der Waals surface area contributed by atoms with Crippen molar-refractivity contribution in [2.75, 3.05) is 6.54 Å². The molecule has 0 aliphatic carbocycles. The van der Waals surface area contributed by atoms with Crippen molar-refractivity contribution in [1.82, 2.24) is 4.72 Å². The quantitative estimate of drug-likeness (QED) is 0.797. The van der Waals surface area contributed by atoms with Crippen LogP contribution in [0.2, 0.25) is 0 Å². The molecule has 0 aliphatic heterocycles. The summed E-state index contributed by atoms with van der Waals surface area (Å²) in [4.78, 5) is 0.255. The maximum Gasteiger partial charge on any atom is 0.240 e. The molecular formula is C10H15NO3S. The molecule has 84 valence electrons. The highest BCUT2D eigenvalue weighted by molar-refractivity contribution is 7.89. The van der Waals surface area contributed by atoms with E-state index < -0.39 is 16.1 Å². The summed E-state index contributed by atoms with van der Waals surface area (Å²) in [7, 11) is -3.50. The smallest absolute Gasteiger partial charge is 0.240 e. The molecule has 0 aliphatic rings. The van der Waals surface area contributed by atoms with Crippen LogP contribution in [0.25, 0.3) is 0 Å². The third kappa shape index (κ3) is 3.30. The van der Waals surface area contributed by atoms with Crippen molar-refractivity contribution in [1.29, 1.82) is 0 Å². The summed E-state index contributed by atoms with van der Waals surface area (Å²) in [6, 6.07) is 6.73. The normalized spacial score (nSPS) is 13.8. The van der Waals surface area contributed by atoms with Gasteiger partial charge >= 0.3 is 0 Å². The van der Waals surface area contributed by atoms with Gasteiger partial charge in [0.1, 0.15) is 0 Å². The monoisotopic (exact) mass is 229 g/mol. The van der Waals surface area contributed by atoms with Gasteiger partial charge in [-0.05, 0) is 25.5 Å². The maximum absolute atomic E-state index is 11.7. The third-order valence-electron chi connectivity index (χ3n) is 1.95. The lowest BCUT2D eigenvalue weighted by Gasteiger charge is -2.09. The van der Waals surface area contributed by atoms with Crippen molar-refractivity contribution in [3.63, 3.8) is 0 Å². The van der Waals surface area contributed by atoms with Crippen LogP contribution in [0, 0.1) is 6.92 Å². The highest BCUT2D eigenvalue weighted by Crippen LogP contribution is 2.13. The van der Waals surface area contributed by atoms with E-state index in [4.69, 9.17) is 5.11 Å². The Balaban J connectivity index is 2.92. The van der Waals surface area contributed by atoms with Gasteiger partial charge in [-0.1, -0.05) is 18.2 Å². The summed E-state index contributed by atoms with van der Waals surface area (Å²) in [5.74, 6) is 0. The van der Waals surface area contributed by atoms with E-state index in [0.717, 1.165) is 0 Å². The Hall–Kier alpha value is -0.910. The number of aryl methyl sites for hydroxylation is 1. The second-order valence-corrected chi connectivity index (χ2v) is 5.20. The Morgan fingerprint density at radius 2 is 2.00 bits per heavy atom. The van der Waals surface area contributed by atoms with Crippen molar-refractivity contribution < 1.29 is 13.5 Å². The largest absolute Gasteiger partial charge is 0.392 e. The first-order chi connectivity index (χ1) is 6.93. The summed E-state index contributed by atoms with van der Waals surface area (Å²) in [5, 5.41) is 9.00. The fourth-order valence-electron chi connectivity index (χ4n) is 1.17. The van der Waals surface area contributed by atoms with Gasteiger partial charge in [0.05, 0.1) is 11.0 Å². The summed E-state index contributed by atoms with van der Waals surface area (Å²) < 4.78 is 25.8. The Morgan fingerprint density at radius 1 is 1.40 bits per heavy atom. The Bertz CT molecular complexity index is 426. The zero-order valence-electron chi connectivity index (χ0n) is 8.77. The second kappa shape index (κ2) is 4.74. The molecule has 0 bridgehead atoms. The fourth-order valence-corrected chi connectivity index (χ4v) is 2.53. The standard InChI is InChI=1S/C10H15NO3S/c1-8-5-3-4-6-10(8)15(13,14)11-7-9(2)12/h3-6,9,11-12H,7H2,1-2H3/t9-/m1/s1. The van der Waals surface area contributed by atoms with Crippen molar-refractivity contribution in [3.05, 3.63) is 29.8 Å². The summed E-state index contributed by atoms with van der Waals surface area (Å²) in [5.41, 5.74) is 0.690. The molecule has 0 fully saturated rings. The lowest BCUT2D eigenvalue weighted by atomic mass is 10.2.